The minimum atomic E-state index is -0.841. The second-order valence-electron chi connectivity index (χ2n) is 7.10. The van der Waals surface area contributed by atoms with Gasteiger partial charge in [0.25, 0.3) is 0 Å². The zero-order valence-electron chi connectivity index (χ0n) is 13.2. The van der Waals surface area contributed by atoms with Gasteiger partial charge in [-0.3, -0.25) is 4.79 Å². The maximum atomic E-state index is 12.7. The number of aliphatic carboxylic acids is 1. The second kappa shape index (κ2) is 7.24. The highest BCUT2D eigenvalue weighted by Crippen LogP contribution is 2.40. The van der Waals surface area contributed by atoms with E-state index in [9.17, 15) is 14.7 Å². The van der Waals surface area contributed by atoms with E-state index in [4.69, 9.17) is 0 Å². The molecule has 2 heterocycles. The summed E-state index contributed by atoms with van der Waals surface area (Å²) in [6.45, 7) is 0. The average molecular weight is 325 g/mol. The van der Waals surface area contributed by atoms with Crippen LogP contribution in [0.2, 0.25) is 0 Å². The van der Waals surface area contributed by atoms with Crippen LogP contribution >= 0.6 is 11.8 Å². The Morgan fingerprint density at radius 2 is 1.91 bits per heavy atom. The average Bonchev–Trinajstić information content (AvgIpc) is 2.96. The molecule has 124 valence electrons. The number of hydrogen-bond acceptors (Lipinski definition) is 3. The van der Waals surface area contributed by atoms with Crippen LogP contribution in [-0.2, 0) is 9.59 Å². The fraction of sp³-hybridized carbons (Fsp3) is 0.882. The van der Waals surface area contributed by atoms with Crippen molar-refractivity contribution in [3.05, 3.63) is 0 Å². The van der Waals surface area contributed by atoms with Gasteiger partial charge in [-0.1, -0.05) is 44.9 Å². The number of fused-ring (bicyclic) bond motifs is 1. The van der Waals surface area contributed by atoms with Crippen LogP contribution in [0.15, 0.2) is 0 Å². The highest BCUT2D eigenvalue weighted by atomic mass is 32.2. The number of piperidine rings is 1. The molecule has 3 rings (SSSR count). The summed E-state index contributed by atoms with van der Waals surface area (Å²) in [7, 11) is 0. The van der Waals surface area contributed by atoms with Crippen molar-refractivity contribution < 1.29 is 14.7 Å². The van der Waals surface area contributed by atoms with E-state index in [2.05, 4.69) is 0 Å². The fourth-order valence-electron chi connectivity index (χ4n) is 4.35. The number of thioether (sulfide) groups is 1. The van der Waals surface area contributed by atoms with Gasteiger partial charge in [0, 0.05) is 11.7 Å². The van der Waals surface area contributed by atoms with Crippen LogP contribution in [0, 0.1) is 11.8 Å². The lowest BCUT2D eigenvalue weighted by Gasteiger charge is -2.36. The van der Waals surface area contributed by atoms with E-state index in [1.165, 1.54) is 38.5 Å². The van der Waals surface area contributed by atoms with E-state index in [0.29, 0.717) is 5.75 Å². The first-order valence-corrected chi connectivity index (χ1v) is 9.88. The summed E-state index contributed by atoms with van der Waals surface area (Å²) in [5.74, 6) is 0.763. The van der Waals surface area contributed by atoms with Gasteiger partial charge in [0.2, 0.25) is 5.91 Å². The van der Waals surface area contributed by atoms with E-state index in [0.717, 1.165) is 31.6 Å². The minimum Gasteiger partial charge on any atom is -0.480 e. The predicted octanol–water partition coefficient (Wildman–Crippen LogP) is 3.50. The van der Waals surface area contributed by atoms with E-state index in [-0.39, 0.29) is 17.2 Å². The Morgan fingerprint density at radius 3 is 2.64 bits per heavy atom. The number of rotatable bonds is 5. The Labute approximate surface area is 137 Å². The molecule has 0 unspecified atom stereocenters. The van der Waals surface area contributed by atoms with E-state index >= 15 is 0 Å². The number of carboxylic acid groups (broad SMARTS) is 1. The maximum absolute atomic E-state index is 12.7. The highest BCUT2D eigenvalue weighted by Gasteiger charge is 2.46. The van der Waals surface area contributed by atoms with Gasteiger partial charge in [-0.2, -0.15) is 0 Å². The smallest absolute Gasteiger partial charge is 0.327 e. The van der Waals surface area contributed by atoms with Gasteiger partial charge in [0.1, 0.15) is 6.04 Å². The van der Waals surface area contributed by atoms with Crippen molar-refractivity contribution in [2.75, 3.05) is 5.75 Å². The largest absolute Gasteiger partial charge is 0.480 e. The van der Waals surface area contributed by atoms with Crippen LogP contribution in [0.3, 0.4) is 0 Å². The zero-order chi connectivity index (χ0) is 15.5. The van der Waals surface area contributed by atoms with Crippen molar-refractivity contribution in [2.24, 2.45) is 11.8 Å². The van der Waals surface area contributed by atoms with Crippen LogP contribution in [0.5, 0.6) is 0 Å². The van der Waals surface area contributed by atoms with Gasteiger partial charge in [0.05, 0.1) is 5.37 Å². The highest BCUT2D eigenvalue weighted by molar-refractivity contribution is 8.00. The van der Waals surface area contributed by atoms with Gasteiger partial charge in [-0.05, 0) is 25.2 Å². The number of carbonyl (C=O) groups excluding carboxylic acids is 1. The van der Waals surface area contributed by atoms with Crippen molar-refractivity contribution in [3.63, 3.8) is 0 Å². The SMILES string of the molecule is O=C(O)[C@@H]1CS[C@H]2CC[C@@H](CCCC3CCCCC3)C(=O)N21. The lowest BCUT2D eigenvalue weighted by molar-refractivity contribution is -0.153. The van der Waals surface area contributed by atoms with Gasteiger partial charge in [0.15, 0.2) is 0 Å². The molecule has 1 amide bonds. The molecular weight excluding hydrogens is 298 g/mol. The summed E-state index contributed by atoms with van der Waals surface area (Å²) >= 11 is 1.64. The number of carboxylic acids is 1. The number of nitrogens with zero attached hydrogens (tertiary/aromatic N) is 1. The monoisotopic (exact) mass is 325 g/mol. The molecule has 0 bridgehead atoms. The summed E-state index contributed by atoms with van der Waals surface area (Å²) in [5.41, 5.74) is 0. The maximum Gasteiger partial charge on any atom is 0.327 e. The zero-order valence-corrected chi connectivity index (χ0v) is 14.0. The van der Waals surface area contributed by atoms with E-state index < -0.39 is 12.0 Å². The van der Waals surface area contributed by atoms with Gasteiger partial charge in [-0.15, -0.1) is 11.8 Å². The molecule has 0 aromatic heterocycles. The topological polar surface area (TPSA) is 57.6 Å². The molecule has 0 spiro atoms. The van der Waals surface area contributed by atoms with E-state index in [1.54, 1.807) is 16.7 Å². The molecule has 1 N–H and O–H groups in total. The van der Waals surface area contributed by atoms with Crippen molar-refractivity contribution >= 4 is 23.6 Å². The molecule has 4 nitrogen and oxygen atoms in total. The summed E-state index contributed by atoms with van der Waals surface area (Å²) in [6.07, 6.45) is 12.1. The Kier molecular flexibility index (Phi) is 5.32. The fourth-order valence-corrected chi connectivity index (χ4v) is 5.77. The molecule has 5 heteroatoms. The summed E-state index contributed by atoms with van der Waals surface area (Å²) in [6, 6.07) is -0.594. The molecule has 3 aliphatic rings. The molecular formula is C17H27NO3S. The van der Waals surface area contributed by atoms with E-state index in [1.807, 2.05) is 0 Å². The quantitative estimate of drug-likeness (QED) is 0.840. The normalized spacial score (nSPS) is 33.0. The molecule has 2 aliphatic heterocycles. The lowest BCUT2D eigenvalue weighted by Crippen LogP contribution is -2.50. The molecule has 2 saturated heterocycles. The van der Waals surface area contributed by atoms with Crippen LogP contribution in [0.25, 0.3) is 0 Å². The third kappa shape index (κ3) is 3.44. The number of carbonyl (C=O) groups is 2. The second-order valence-corrected chi connectivity index (χ2v) is 8.31. The first-order chi connectivity index (χ1) is 10.7. The predicted molar refractivity (Wildman–Crippen MR) is 87.7 cm³/mol. The lowest BCUT2D eigenvalue weighted by atomic mass is 9.83. The van der Waals surface area contributed by atoms with Gasteiger partial charge < -0.3 is 10.0 Å². The van der Waals surface area contributed by atoms with Crippen LogP contribution in [0.4, 0.5) is 0 Å². The van der Waals surface area contributed by atoms with Crippen molar-refractivity contribution in [1.82, 2.24) is 4.90 Å². The van der Waals surface area contributed by atoms with Gasteiger partial charge in [-0.25, -0.2) is 4.79 Å². The summed E-state index contributed by atoms with van der Waals surface area (Å²) in [5, 5.41) is 9.41. The van der Waals surface area contributed by atoms with Crippen molar-refractivity contribution in [2.45, 2.75) is 75.6 Å². The first-order valence-electron chi connectivity index (χ1n) is 8.83. The number of hydrogen-bond donors (Lipinski definition) is 1. The first kappa shape index (κ1) is 16.2. The molecule has 3 atom stereocenters. The molecule has 0 aromatic rings. The molecule has 1 aliphatic carbocycles. The molecule has 3 fully saturated rings. The van der Waals surface area contributed by atoms with Crippen molar-refractivity contribution in [1.29, 1.82) is 0 Å². The molecule has 1 saturated carbocycles. The summed E-state index contributed by atoms with van der Waals surface area (Å²) in [4.78, 5) is 25.7. The minimum absolute atomic E-state index is 0.0698. The summed E-state index contributed by atoms with van der Waals surface area (Å²) < 4.78 is 0. The molecule has 0 aromatic carbocycles. The third-order valence-electron chi connectivity index (χ3n) is 5.63. The standard InChI is InChI=1S/C17H27NO3S/c19-16-13(8-4-7-12-5-2-1-3-6-12)9-10-15-18(16)14(11-22-15)17(20)21/h12-15H,1-11H2,(H,20,21)/t13-,14+,15+/m1/s1. The van der Waals surface area contributed by atoms with Gasteiger partial charge >= 0.3 is 5.97 Å². The Bertz CT molecular complexity index is 422. The van der Waals surface area contributed by atoms with Crippen LogP contribution < -0.4 is 0 Å². The van der Waals surface area contributed by atoms with Crippen LogP contribution in [0.1, 0.15) is 64.2 Å². The Hall–Kier alpha value is -0.710. The van der Waals surface area contributed by atoms with Crippen molar-refractivity contribution in [3.8, 4) is 0 Å². The van der Waals surface area contributed by atoms with Crippen LogP contribution in [-0.4, -0.2) is 39.1 Å². The third-order valence-corrected chi connectivity index (χ3v) is 6.99. The molecule has 22 heavy (non-hydrogen) atoms. The Morgan fingerprint density at radius 1 is 1.14 bits per heavy atom. The Balaban J connectivity index is 1.49. The molecule has 0 radical (unpaired) electrons. The number of amides is 1.